The van der Waals surface area contributed by atoms with Crippen molar-refractivity contribution < 1.29 is 13.9 Å². The minimum absolute atomic E-state index is 0.0149. The monoisotopic (exact) mass is 478 g/mol. The molecule has 0 aliphatic heterocycles. The first-order valence-corrected chi connectivity index (χ1v) is 11.4. The third kappa shape index (κ3) is 4.79. The van der Waals surface area contributed by atoms with E-state index in [1.807, 2.05) is 17.5 Å². The predicted octanol–water partition coefficient (Wildman–Crippen LogP) is 5.40. The lowest BCUT2D eigenvalue weighted by atomic mass is 9.90. The van der Waals surface area contributed by atoms with Crippen LogP contribution in [0.15, 0.2) is 64.8 Å². The Morgan fingerprint density at radius 2 is 2.00 bits per heavy atom. The minimum atomic E-state index is -1.69. The van der Waals surface area contributed by atoms with Gasteiger partial charge in [-0.1, -0.05) is 41.6 Å². The lowest BCUT2D eigenvalue weighted by Crippen LogP contribution is -2.41. The minimum Gasteiger partial charge on any atom is -0.382 e. The van der Waals surface area contributed by atoms with Crippen molar-refractivity contribution in [3.05, 3.63) is 82.7 Å². The van der Waals surface area contributed by atoms with Crippen LogP contribution in [0.5, 0.6) is 0 Å². The number of hydrogen-bond donors (Lipinski definition) is 1. The molecular weight excluding hydrogens is 462 g/mol. The number of thiazole rings is 1. The number of halogens is 3. The summed E-state index contributed by atoms with van der Waals surface area (Å²) in [6, 6.07) is 10.5. The van der Waals surface area contributed by atoms with Crippen LogP contribution in [-0.4, -0.2) is 30.1 Å². The second kappa shape index (κ2) is 9.04. The van der Waals surface area contributed by atoms with Crippen molar-refractivity contribution in [1.29, 1.82) is 0 Å². The van der Waals surface area contributed by atoms with Gasteiger partial charge in [-0.3, -0.25) is 0 Å². The average Bonchev–Trinajstić information content (AvgIpc) is 3.40. The van der Waals surface area contributed by atoms with E-state index in [2.05, 4.69) is 15.1 Å². The highest BCUT2D eigenvalue weighted by Crippen LogP contribution is 2.41. The van der Waals surface area contributed by atoms with Crippen molar-refractivity contribution in [3.63, 3.8) is 0 Å². The Labute approximate surface area is 190 Å². The largest absolute Gasteiger partial charge is 0.382 e. The van der Waals surface area contributed by atoms with Crippen LogP contribution in [-0.2, 0) is 12.1 Å². The van der Waals surface area contributed by atoms with Gasteiger partial charge in [0.05, 0.1) is 12.2 Å². The molecule has 5 nitrogen and oxygen atoms in total. The van der Waals surface area contributed by atoms with Crippen molar-refractivity contribution in [2.24, 2.45) is 0 Å². The lowest BCUT2D eigenvalue weighted by Gasteiger charge is -2.34. The fraction of sp³-hybridized carbons (Fsp3) is 0.190. The summed E-state index contributed by atoms with van der Waals surface area (Å²) in [7, 11) is 0. The van der Waals surface area contributed by atoms with E-state index in [9.17, 15) is 13.9 Å². The molecule has 2 atom stereocenters. The van der Waals surface area contributed by atoms with Gasteiger partial charge in [-0.2, -0.15) is 5.10 Å². The summed E-state index contributed by atoms with van der Waals surface area (Å²) in [5.74, 6) is -1.53. The fourth-order valence-electron chi connectivity index (χ4n) is 3.15. The van der Waals surface area contributed by atoms with Gasteiger partial charge in [0, 0.05) is 32.8 Å². The first-order valence-electron chi connectivity index (χ1n) is 9.23. The number of thioether (sulfide) groups is 1. The van der Waals surface area contributed by atoms with Gasteiger partial charge in [0.15, 0.2) is 4.34 Å². The van der Waals surface area contributed by atoms with Crippen LogP contribution in [0, 0.1) is 11.6 Å². The molecule has 2 unspecified atom stereocenters. The molecule has 0 radical (unpaired) electrons. The van der Waals surface area contributed by atoms with Gasteiger partial charge in [0.25, 0.3) is 0 Å². The quantitative estimate of drug-likeness (QED) is 0.360. The normalized spacial score (nSPS) is 14.4. The summed E-state index contributed by atoms with van der Waals surface area (Å²) in [6.07, 6.45) is 2.77. The lowest BCUT2D eigenvalue weighted by molar-refractivity contribution is 0.0133. The zero-order valence-corrected chi connectivity index (χ0v) is 18.6. The number of hydrogen-bond acceptors (Lipinski definition) is 6. The number of aliphatic hydroxyl groups is 1. The summed E-state index contributed by atoms with van der Waals surface area (Å²) in [5, 5.41) is 17.6. The van der Waals surface area contributed by atoms with Crippen molar-refractivity contribution in [1.82, 2.24) is 19.7 Å². The fourth-order valence-corrected chi connectivity index (χ4v) is 5.48. The van der Waals surface area contributed by atoms with E-state index in [0.29, 0.717) is 9.36 Å². The molecule has 4 aromatic rings. The van der Waals surface area contributed by atoms with Crippen LogP contribution < -0.4 is 0 Å². The maximum absolute atomic E-state index is 14.7. The van der Waals surface area contributed by atoms with E-state index in [4.69, 9.17) is 11.6 Å². The highest BCUT2D eigenvalue weighted by Gasteiger charge is 2.40. The van der Waals surface area contributed by atoms with Crippen molar-refractivity contribution in [2.45, 2.75) is 28.7 Å². The second-order valence-corrected chi connectivity index (χ2v) is 9.79. The van der Waals surface area contributed by atoms with Crippen LogP contribution in [0.1, 0.15) is 12.5 Å². The Balaban J connectivity index is 1.63. The molecule has 10 heteroatoms. The van der Waals surface area contributed by atoms with E-state index >= 15 is 0 Å². The van der Waals surface area contributed by atoms with Crippen molar-refractivity contribution in [3.8, 4) is 11.3 Å². The van der Waals surface area contributed by atoms with Crippen LogP contribution in [0.3, 0.4) is 0 Å². The molecule has 0 spiro atoms. The second-order valence-electron chi connectivity index (χ2n) is 6.91. The van der Waals surface area contributed by atoms with Crippen LogP contribution in [0.2, 0.25) is 5.02 Å². The third-order valence-corrected chi connectivity index (χ3v) is 7.34. The Bertz CT molecular complexity index is 1170. The van der Waals surface area contributed by atoms with Gasteiger partial charge in [-0.25, -0.2) is 23.4 Å². The summed E-state index contributed by atoms with van der Waals surface area (Å²) < 4.78 is 30.3. The smallest absolute Gasteiger partial charge is 0.150 e. The first kappa shape index (κ1) is 21.9. The SMILES string of the molecule is CC(Sc1nc(-c2ccc(Cl)cc2)cs1)C(O)(Cn1cncn1)c1ccc(F)cc1F. The molecule has 2 heterocycles. The summed E-state index contributed by atoms with van der Waals surface area (Å²) in [6.45, 7) is 1.72. The zero-order chi connectivity index (χ0) is 22.0. The molecule has 1 N–H and O–H groups in total. The van der Waals surface area contributed by atoms with Crippen molar-refractivity contribution >= 4 is 34.7 Å². The number of rotatable bonds is 7. The molecule has 31 heavy (non-hydrogen) atoms. The molecule has 160 valence electrons. The summed E-state index contributed by atoms with van der Waals surface area (Å²) in [5.41, 5.74) is -0.00643. The topological polar surface area (TPSA) is 63.8 Å². The summed E-state index contributed by atoms with van der Waals surface area (Å²) in [4.78, 5) is 8.51. The standard InChI is InChI=1S/C21H17ClF2N4OS2/c1-13(31-20-27-19(9-30-20)14-2-4-15(22)5-3-14)21(29,10-28-12-25-11-26-28)17-7-6-16(23)8-18(17)24/h2-9,11-13,29H,10H2,1H3. The highest BCUT2D eigenvalue weighted by atomic mass is 35.5. The zero-order valence-electron chi connectivity index (χ0n) is 16.2. The first-order chi connectivity index (χ1) is 14.8. The average molecular weight is 479 g/mol. The summed E-state index contributed by atoms with van der Waals surface area (Å²) >= 11 is 8.68. The van der Waals surface area contributed by atoms with E-state index in [1.165, 1.54) is 46.5 Å². The van der Waals surface area contributed by atoms with E-state index in [1.54, 1.807) is 19.1 Å². The van der Waals surface area contributed by atoms with E-state index < -0.39 is 22.5 Å². The Hall–Kier alpha value is -2.33. The molecule has 0 bridgehead atoms. The predicted molar refractivity (Wildman–Crippen MR) is 118 cm³/mol. The molecule has 0 aliphatic carbocycles. The van der Waals surface area contributed by atoms with Gasteiger partial charge in [0.1, 0.15) is 29.9 Å². The Morgan fingerprint density at radius 3 is 2.68 bits per heavy atom. The molecule has 2 aromatic carbocycles. The molecular formula is C21H17ClF2N4OS2. The molecule has 4 rings (SSSR count). The van der Waals surface area contributed by atoms with Gasteiger partial charge >= 0.3 is 0 Å². The molecule has 0 saturated heterocycles. The van der Waals surface area contributed by atoms with Gasteiger partial charge in [-0.05, 0) is 25.1 Å². The molecule has 2 aromatic heterocycles. The van der Waals surface area contributed by atoms with Crippen LogP contribution >= 0.6 is 34.7 Å². The number of aromatic nitrogens is 4. The molecule has 0 amide bonds. The Kier molecular flexibility index (Phi) is 6.38. The molecule has 0 fully saturated rings. The maximum atomic E-state index is 14.7. The number of benzene rings is 2. The Morgan fingerprint density at radius 1 is 1.23 bits per heavy atom. The third-order valence-electron chi connectivity index (χ3n) is 4.84. The van der Waals surface area contributed by atoms with Gasteiger partial charge < -0.3 is 5.11 Å². The van der Waals surface area contributed by atoms with E-state index in [-0.39, 0.29) is 12.1 Å². The van der Waals surface area contributed by atoms with Crippen molar-refractivity contribution in [2.75, 3.05) is 0 Å². The molecule has 0 aliphatic rings. The molecule has 0 saturated carbocycles. The van der Waals surface area contributed by atoms with Crippen LogP contribution in [0.25, 0.3) is 11.3 Å². The van der Waals surface area contributed by atoms with Gasteiger partial charge in [-0.15, -0.1) is 11.3 Å². The highest BCUT2D eigenvalue weighted by molar-refractivity contribution is 8.01. The maximum Gasteiger partial charge on any atom is 0.150 e. The van der Waals surface area contributed by atoms with Crippen LogP contribution in [0.4, 0.5) is 8.78 Å². The number of nitrogens with zero attached hydrogens (tertiary/aromatic N) is 4. The van der Waals surface area contributed by atoms with E-state index in [0.717, 1.165) is 23.4 Å². The van der Waals surface area contributed by atoms with Gasteiger partial charge in [0.2, 0.25) is 0 Å².